The molecule has 0 aromatic carbocycles. The van der Waals surface area contributed by atoms with Crippen LogP contribution in [0.15, 0.2) is 6.07 Å². The van der Waals surface area contributed by atoms with E-state index in [2.05, 4.69) is 4.98 Å². The van der Waals surface area contributed by atoms with E-state index in [0.717, 1.165) is 6.07 Å². The summed E-state index contributed by atoms with van der Waals surface area (Å²) in [5.74, 6) is -1.72. The minimum Gasteiger partial charge on any atom is -0.381 e. The molecule has 1 saturated heterocycles. The number of pyridine rings is 1. The van der Waals surface area contributed by atoms with Crippen LogP contribution in [0, 0.1) is 11.6 Å². The van der Waals surface area contributed by atoms with Crippen molar-refractivity contribution in [1.29, 1.82) is 0 Å². The van der Waals surface area contributed by atoms with Crippen LogP contribution in [0.1, 0.15) is 6.92 Å². The third-order valence-corrected chi connectivity index (χ3v) is 2.58. The maximum atomic E-state index is 13.5. The molecule has 16 heavy (non-hydrogen) atoms. The van der Waals surface area contributed by atoms with Crippen molar-refractivity contribution in [3.63, 3.8) is 0 Å². The fourth-order valence-corrected chi connectivity index (χ4v) is 1.71. The molecule has 6 heteroatoms. The van der Waals surface area contributed by atoms with Crippen LogP contribution in [0.5, 0.6) is 0 Å². The van der Waals surface area contributed by atoms with Crippen molar-refractivity contribution in [1.82, 2.24) is 4.98 Å². The zero-order valence-corrected chi connectivity index (χ0v) is 8.91. The smallest absolute Gasteiger partial charge is 0.168 e. The summed E-state index contributed by atoms with van der Waals surface area (Å²) >= 11 is 0. The predicted molar refractivity (Wildman–Crippen MR) is 56.2 cm³/mol. The van der Waals surface area contributed by atoms with Crippen LogP contribution in [-0.4, -0.2) is 30.8 Å². The van der Waals surface area contributed by atoms with Gasteiger partial charge in [-0.25, -0.2) is 13.8 Å². The molecule has 0 spiro atoms. The van der Waals surface area contributed by atoms with Gasteiger partial charge in [0.1, 0.15) is 0 Å². The topological polar surface area (TPSA) is 51.4 Å². The average molecular weight is 229 g/mol. The van der Waals surface area contributed by atoms with Crippen molar-refractivity contribution in [2.45, 2.75) is 13.0 Å². The zero-order chi connectivity index (χ0) is 11.7. The largest absolute Gasteiger partial charge is 0.381 e. The Morgan fingerprint density at radius 3 is 2.94 bits per heavy atom. The molecular weight excluding hydrogens is 216 g/mol. The minimum absolute atomic E-state index is 0.000566. The molecule has 1 aromatic rings. The second kappa shape index (κ2) is 4.21. The summed E-state index contributed by atoms with van der Waals surface area (Å²) < 4.78 is 31.7. The molecule has 1 aliphatic heterocycles. The molecule has 2 heterocycles. The number of rotatable bonds is 1. The first-order valence-corrected chi connectivity index (χ1v) is 5.05. The van der Waals surface area contributed by atoms with Gasteiger partial charge in [0.2, 0.25) is 0 Å². The van der Waals surface area contributed by atoms with Crippen molar-refractivity contribution in [3.8, 4) is 0 Å². The molecule has 1 aliphatic rings. The molecule has 4 nitrogen and oxygen atoms in total. The molecule has 0 bridgehead atoms. The van der Waals surface area contributed by atoms with Crippen LogP contribution in [0.4, 0.5) is 20.4 Å². The Morgan fingerprint density at radius 2 is 2.25 bits per heavy atom. The van der Waals surface area contributed by atoms with Crippen LogP contribution < -0.4 is 10.6 Å². The lowest BCUT2D eigenvalue weighted by Gasteiger charge is -2.34. The summed E-state index contributed by atoms with van der Waals surface area (Å²) in [5, 5.41) is 0. The van der Waals surface area contributed by atoms with Crippen LogP contribution in [0.25, 0.3) is 0 Å². The molecule has 1 unspecified atom stereocenters. The summed E-state index contributed by atoms with van der Waals surface area (Å²) in [5.41, 5.74) is 5.33. The number of halogens is 2. The number of anilines is 2. The number of morpholine rings is 1. The van der Waals surface area contributed by atoms with Crippen molar-refractivity contribution >= 4 is 11.6 Å². The van der Waals surface area contributed by atoms with Crippen LogP contribution >= 0.6 is 0 Å². The van der Waals surface area contributed by atoms with Crippen LogP contribution in [0.3, 0.4) is 0 Å². The number of hydrogen-bond acceptors (Lipinski definition) is 4. The van der Waals surface area contributed by atoms with Crippen LogP contribution in [-0.2, 0) is 4.74 Å². The highest BCUT2D eigenvalue weighted by Crippen LogP contribution is 2.23. The molecule has 88 valence electrons. The van der Waals surface area contributed by atoms with E-state index in [9.17, 15) is 8.78 Å². The Bertz CT molecular complexity index is 400. The van der Waals surface area contributed by atoms with Gasteiger partial charge in [0, 0.05) is 12.6 Å². The number of nitrogens with zero attached hydrogens (tertiary/aromatic N) is 2. The van der Waals surface area contributed by atoms with E-state index < -0.39 is 11.6 Å². The summed E-state index contributed by atoms with van der Waals surface area (Å²) in [4.78, 5) is 5.48. The molecular formula is C10H13F2N3O. The van der Waals surface area contributed by atoms with Gasteiger partial charge in [0.05, 0.1) is 19.3 Å². The van der Waals surface area contributed by atoms with Gasteiger partial charge >= 0.3 is 0 Å². The molecule has 0 radical (unpaired) electrons. The maximum Gasteiger partial charge on any atom is 0.168 e. The van der Waals surface area contributed by atoms with Gasteiger partial charge in [-0.15, -0.1) is 0 Å². The number of nitrogen functional groups attached to an aromatic ring is 1. The molecule has 0 amide bonds. The van der Waals surface area contributed by atoms with E-state index in [4.69, 9.17) is 10.5 Å². The molecule has 1 aromatic heterocycles. The van der Waals surface area contributed by atoms with Gasteiger partial charge in [-0.05, 0) is 6.92 Å². The van der Waals surface area contributed by atoms with E-state index in [-0.39, 0.29) is 17.7 Å². The first-order valence-electron chi connectivity index (χ1n) is 5.05. The standard InChI is InChI=1S/C10H13F2N3O/c1-6-5-16-3-2-15(6)10-8(12)4-7(11)9(13)14-10/h4,6H,2-3,5H2,1H3,(H2,13,14). The lowest BCUT2D eigenvalue weighted by Crippen LogP contribution is -2.44. The third-order valence-electron chi connectivity index (χ3n) is 2.58. The van der Waals surface area contributed by atoms with Gasteiger partial charge < -0.3 is 15.4 Å². The zero-order valence-electron chi connectivity index (χ0n) is 8.91. The Morgan fingerprint density at radius 1 is 1.50 bits per heavy atom. The number of aromatic nitrogens is 1. The normalized spacial score (nSPS) is 21.2. The van der Waals surface area contributed by atoms with Gasteiger partial charge in [0.25, 0.3) is 0 Å². The number of hydrogen-bond donors (Lipinski definition) is 1. The SMILES string of the molecule is CC1COCCN1c1nc(N)c(F)cc1F. The molecule has 1 atom stereocenters. The van der Waals surface area contributed by atoms with E-state index >= 15 is 0 Å². The highest BCUT2D eigenvalue weighted by Gasteiger charge is 2.24. The Labute approximate surface area is 92.0 Å². The summed E-state index contributed by atoms with van der Waals surface area (Å²) in [6.45, 7) is 3.41. The van der Waals surface area contributed by atoms with Crippen LogP contribution in [0.2, 0.25) is 0 Å². The summed E-state index contributed by atoms with van der Waals surface area (Å²) in [6.07, 6.45) is 0. The molecule has 1 fully saturated rings. The first kappa shape index (κ1) is 11.1. The summed E-state index contributed by atoms with van der Waals surface area (Å²) in [6, 6.07) is 0.764. The lowest BCUT2D eigenvalue weighted by atomic mass is 10.2. The predicted octanol–water partition coefficient (Wildman–Crippen LogP) is 1.17. The molecule has 0 saturated carbocycles. The fourth-order valence-electron chi connectivity index (χ4n) is 1.71. The maximum absolute atomic E-state index is 13.5. The molecule has 0 aliphatic carbocycles. The van der Waals surface area contributed by atoms with Crippen molar-refractivity contribution in [3.05, 3.63) is 17.7 Å². The van der Waals surface area contributed by atoms with Crippen molar-refractivity contribution in [2.24, 2.45) is 0 Å². The highest BCUT2D eigenvalue weighted by molar-refractivity contribution is 5.48. The molecule has 2 rings (SSSR count). The quantitative estimate of drug-likeness (QED) is 0.785. The Balaban J connectivity index is 2.35. The van der Waals surface area contributed by atoms with E-state index in [1.54, 1.807) is 4.90 Å². The van der Waals surface area contributed by atoms with Gasteiger partial charge in [0.15, 0.2) is 23.3 Å². The van der Waals surface area contributed by atoms with Gasteiger partial charge in [-0.3, -0.25) is 0 Å². The third kappa shape index (κ3) is 1.92. The van der Waals surface area contributed by atoms with E-state index in [1.165, 1.54) is 0 Å². The number of ether oxygens (including phenoxy) is 1. The van der Waals surface area contributed by atoms with Gasteiger partial charge in [-0.2, -0.15) is 0 Å². The minimum atomic E-state index is -0.831. The average Bonchev–Trinajstić information content (AvgIpc) is 2.25. The Kier molecular flexibility index (Phi) is 2.91. The fraction of sp³-hybridized carbons (Fsp3) is 0.500. The number of nitrogens with two attached hydrogens (primary N) is 1. The second-order valence-electron chi connectivity index (χ2n) is 3.78. The van der Waals surface area contributed by atoms with E-state index in [0.29, 0.717) is 19.8 Å². The Hall–Kier alpha value is -1.43. The van der Waals surface area contributed by atoms with Gasteiger partial charge in [-0.1, -0.05) is 0 Å². The first-order chi connectivity index (χ1) is 7.59. The summed E-state index contributed by atoms with van der Waals surface area (Å²) in [7, 11) is 0. The monoisotopic (exact) mass is 229 g/mol. The van der Waals surface area contributed by atoms with Crippen molar-refractivity contribution < 1.29 is 13.5 Å². The van der Waals surface area contributed by atoms with E-state index in [1.807, 2.05) is 6.92 Å². The van der Waals surface area contributed by atoms with Crippen molar-refractivity contribution in [2.75, 3.05) is 30.4 Å². The molecule has 2 N–H and O–H groups in total. The lowest BCUT2D eigenvalue weighted by molar-refractivity contribution is 0.0981. The second-order valence-corrected chi connectivity index (χ2v) is 3.78. The highest BCUT2D eigenvalue weighted by atomic mass is 19.1.